The van der Waals surface area contributed by atoms with Gasteiger partial charge in [0, 0.05) is 42.5 Å². The molecule has 1 amide bonds. The number of aliphatic hydroxyl groups is 1. The predicted molar refractivity (Wildman–Crippen MR) is 85.4 cm³/mol. The topological polar surface area (TPSA) is 56.3 Å². The lowest BCUT2D eigenvalue weighted by atomic mass is 9.74. The molecule has 1 saturated carbocycles. The van der Waals surface area contributed by atoms with Gasteiger partial charge in [-0.2, -0.15) is 0 Å². The molecule has 0 radical (unpaired) electrons. The van der Waals surface area contributed by atoms with Gasteiger partial charge in [-0.25, -0.2) is 0 Å². The number of hydrogen-bond donors (Lipinski definition) is 2. The molecule has 2 N–H and O–H groups in total. The molecule has 1 aromatic heterocycles. The number of carbonyl (C=O) groups is 1. The number of H-pyrrole nitrogens is 1. The van der Waals surface area contributed by atoms with Gasteiger partial charge in [0.1, 0.15) is 0 Å². The highest BCUT2D eigenvalue weighted by atomic mass is 16.3. The van der Waals surface area contributed by atoms with E-state index < -0.39 is 0 Å². The van der Waals surface area contributed by atoms with Crippen molar-refractivity contribution in [3.05, 3.63) is 36.0 Å². The van der Waals surface area contributed by atoms with E-state index in [4.69, 9.17) is 0 Å². The number of benzene rings is 1. The van der Waals surface area contributed by atoms with Crippen molar-refractivity contribution >= 4 is 16.8 Å². The fourth-order valence-corrected chi connectivity index (χ4v) is 4.00. The number of amides is 1. The molecular weight excluding hydrogens is 276 g/mol. The Morgan fingerprint density at radius 3 is 3.00 bits per heavy atom. The van der Waals surface area contributed by atoms with E-state index in [2.05, 4.69) is 29.4 Å². The van der Waals surface area contributed by atoms with Crippen molar-refractivity contribution in [3.63, 3.8) is 0 Å². The average Bonchev–Trinajstić information content (AvgIpc) is 3.08. The second-order valence-corrected chi connectivity index (χ2v) is 6.74. The lowest BCUT2D eigenvalue weighted by Crippen LogP contribution is -2.39. The van der Waals surface area contributed by atoms with Crippen LogP contribution in [0.4, 0.5) is 0 Å². The van der Waals surface area contributed by atoms with Crippen molar-refractivity contribution in [2.24, 2.45) is 11.8 Å². The first kappa shape index (κ1) is 13.8. The molecule has 3 atom stereocenters. The summed E-state index contributed by atoms with van der Waals surface area (Å²) in [5, 5.41) is 10.9. The van der Waals surface area contributed by atoms with E-state index in [0.717, 1.165) is 37.9 Å². The van der Waals surface area contributed by atoms with Crippen molar-refractivity contribution in [2.45, 2.75) is 31.8 Å². The van der Waals surface area contributed by atoms with Gasteiger partial charge in [-0.05, 0) is 36.8 Å². The van der Waals surface area contributed by atoms with Crippen molar-refractivity contribution < 1.29 is 9.90 Å². The molecule has 2 aromatic rings. The lowest BCUT2D eigenvalue weighted by molar-refractivity contribution is -0.130. The van der Waals surface area contributed by atoms with Crippen LogP contribution in [0.1, 0.15) is 24.8 Å². The SMILES string of the molecule is O=C(CCCc1c[nH]c2ccccc12)N1C[C@H]2C[C@H](O)[C@H]2C1. The molecule has 116 valence electrons. The summed E-state index contributed by atoms with van der Waals surface area (Å²) >= 11 is 0. The Kier molecular flexibility index (Phi) is 3.41. The highest BCUT2D eigenvalue weighted by molar-refractivity contribution is 5.83. The third kappa shape index (κ3) is 2.31. The van der Waals surface area contributed by atoms with Gasteiger partial charge in [-0.15, -0.1) is 0 Å². The minimum absolute atomic E-state index is 0.172. The van der Waals surface area contributed by atoms with Crippen molar-refractivity contribution in [3.8, 4) is 0 Å². The Morgan fingerprint density at radius 1 is 1.32 bits per heavy atom. The number of likely N-dealkylation sites (tertiary alicyclic amines) is 1. The van der Waals surface area contributed by atoms with E-state index in [1.807, 2.05) is 11.0 Å². The maximum absolute atomic E-state index is 12.3. The third-order valence-electron chi connectivity index (χ3n) is 5.39. The summed E-state index contributed by atoms with van der Waals surface area (Å²) in [6, 6.07) is 8.29. The quantitative estimate of drug-likeness (QED) is 0.910. The van der Waals surface area contributed by atoms with Crippen LogP contribution in [0.25, 0.3) is 10.9 Å². The van der Waals surface area contributed by atoms with Crippen LogP contribution in [0.5, 0.6) is 0 Å². The van der Waals surface area contributed by atoms with Gasteiger partial charge in [0.25, 0.3) is 0 Å². The summed E-state index contributed by atoms with van der Waals surface area (Å²) in [7, 11) is 0. The second-order valence-electron chi connectivity index (χ2n) is 6.74. The summed E-state index contributed by atoms with van der Waals surface area (Å²) < 4.78 is 0. The van der Waals surface area contributed by atoms with Gasteiger partial charge >= 0.3 is 0 Å². The van der Waals surface area contributed by atoms with Crippen LogP contribution >= 0.6 is 0 Å². The minimum atomic E-state index is -0.172. The first-order valence-electron chi connectivity index (χ1n) is 8.23. The number of nitrogens with zero attached hydrogens (tertiary/aromatic N) is 1. The number of rotatable bonds is 4. The van der Waals surface area contributed by atoms with Crippen molar-refractivity contribution in [1.29, 1.82) is 0 Å². The number of para-hydroxylation sites is 1. The molecule has 1 saturated heterocycles. The van der Waals surface area contributed by atoms with Gasteiger partial charge < -0.3 is 15.0 Å². The Balaban J connectivity index is 1.31. The van der Waals surface area contributed by atoms with Crippen molar-refractivity contribution in [1.82, 2.24) is 9.88 Å². The fraction of sp³-hybridized carbons (Fsp3) is 0.500. The molecule has 1 aliphatic carbocycles. The molecule has 22 heavy (non-hydrogen) atoms. The van der Waals surface area contributed by atoms with Crippen molar-refractivity contribution in [2.75, 3.05) is 13.1 Å². The fourth-order valence-electron chi connectivity index (χ4n) is 4.00. The van der Waals surface area contributed by atoms with Crippen LogP contribution < -0.4 is 0 Å². The van der Waals surface area contributed by atoms with Gasteiger partial charge in [0.2, 0.25) is 5.91 Å². The van der Waals surface area contributed by atoms with Crippen LogP contribution in [-0.4, -0.2) is 40.1 Å². The molecule has 0 unspecified atom stereocenters. The largest absolute Gasteiger partial charge is 0.393 e. The molecule has 2 heterocycles. The Morgan fingerprint density at radius 2 is 2.18 bits per heavy atom. The third-order valence-corrected chi connectivity index (χ3v) is 5.39. The molecule has 4 nitrogen and oxygen atoms in total. The number of nitrogens with one attached hydrogen (secondary N) is 1. The maximum atomic E-state index is 12.3. The first-order chi connectivity index (χ1) is 10.7. The maximum Gasteiger partial charge on any atom is 0.222 e. The predicted octanol–water partition coefficient (Wildman–Crippen LogP) is 2.33. The number of hydrogen-bond acceptors (Lipinski definition) is 2. The number of aromatic amines is 1. The van der Waals surface area contributed by atoms with Crippen LogP contribution in [0.3, 0.4) is 0 Å². The Hall–Kier alpha value is -1.81. The van der Waals surface area contributed by atoms with E-state index >= 15 is 0 Å². The van der Waals surface area contributed by atoms with Crippen LogP contribution in [0.15, 0.2) is 30.5 Å². The molecule has 0 spiro atoms. The molecule has 1 aliphatic heterocycles. The monoisotopic (exact) mass is 298 g/mol. The Bertz CT molecular complexity index is 693. The highest BCUT2D eigenvalue weighted by Crippen LogP contribution is 2.40. The van der Waals surface area contributed by atoms with E-state index in [-0.39, 0.29) is 12.0 Å². The number of aryl methyl sites for hydroxylation is 1. The van der Waals surface area contributed by atoms with Gasteiger partial charge in [-0.1, -0.05) is 18.2 Å². The first-order valence-corrected chi connectivity index (χ1v) is 8.23. The summed E-state index contributed by atoms with van der Waals surface area (Å²) in [6.07, 6.45) is 5.18. The highest BCUT2D eigenvalue weighted by Gasteiger charge is 2.47. The molecule has 0 bridgehead atoms. The molecule has 2 aliphatic rings. The summed E-state index contributed by atoms with van der Waals surface area (Å²) in [4.78, 5) is 17.5. The average molecular weight is 298 g/mol. The summed E-state index contributed by atoms with van der Waals surface area (Å²) in [6.45, 7) is 1.62. The molecular formula is C18H22N2O2. The van der Waals surface area contributed by atoms with Gasteiger partial charge in [0.05, 0.1) is 6.10 Å². The summed E-state index contributed by atoms with van der Waals surface area (Å²) in [5.41, 5.74) is 2.45. The van der Waals surface area contributed by atoms with Crippen LogP contribution in [0.2, 0.25) is 0 Å². The van der Waals surface area contributed by atoms with Gasteiger partial charge in [-0.3, -0.25) is 4.79 Å². The van der Waals surface area contributed by atoms with Crippen LogP contribution in [-0.2, 0) is 11.2 Å². The number of carbonyl (C=O) groups excluding carboxylic acids is 1. The van der Waals surface area contributed by atoms with E-state index in [1.54, 1.807) is 0 Å². The minimum Gasteiger partial charge on any atom is -0.393 e. The summed E-state index contributed by atoms with van der Waals surface area (Å²) in [5.74, 6) is 1.14. The van der Waals surface area contributed by atoms with E-state index in [0.29, 0.717) is 18.3 Å². The molecule has 2 fully saturated rings. The lowest BCUT2D eigenvalue weighted by Gasteiger charge is -2.34. The smallest absolute Gasteiger partial charge is 0.222 e. The zero-order chi connectivity index (χ0) is 15.1. The number of aliphatic hydroxyl groups excluding tert-OH is 1. The Labute approximate surface area is 130 Å². The molecule has 4 heteroatoms. The molecule has 4 rings (SSSR count). The zero-order valence-corrected chi connectivity index (χ0v) is 12.7. The standard InChI is InChI=1S/C18H22N2O2/c21-17-8-13-10-20(11-15(13)17)18(22)7-3-4-12-9-19-16-6-2-1-5-14(12)16/h1-2,5-6,9,13,15,17,19,21H,3-4,7-8,10-11H2/t13-,15+,17+/m1/s1. The zero-order valence-electron chi connectivity index (χ0n) is 12.7. The van der Waals surface area contributed by atoms with E-state index in [1.165, 1.54) is 10.9 Å². The normalized spacial score (nSPS) is 27.0. The number of aromatic nitrogens is 1. The second kappa shape index (κ2) is 5.43. The number of fused-ring (bicyclic) bond motifs is 2. The van der Waals surface area contributed by atoms with Crippen LogP contribution in [0, 0.1) is 11.8 Å². The molecule has 1 aromatic carbocycles. The van der Waals surface area contributed by atoms with Gasteiger partial charge in [0.15, 0.2) is 0 Å². The van der Waals surface area contributed by atoms with E-state index in [9.17, 15) is 9.90 Å².